The highest BCUT2D eigenvalue weighted by Crippen LogP contribution is 2.17. The predicted molar refractivity (Wildman–Crippen MR) is 81.1 cm³/mol. The molecule has 1 N–H and O–H groups in total. The van der Waals surface area contributed by atoms with E-state index in [0.717, 1.165) is 5.56 Å². The van der Waals surface area contributed by atoms with Gasteiger partial charge in [-0.3, -0.25) is 4.72 Å². The lowest BCUT2D eigenvalue weighted by Gasteiger charge is -2.08. The van der Waals surface area contributed by atoms with Crippen LogP contribution in [-0.2, 0) is 10.0 Å². The van der Waals surface area contributed by atoms with Crippen LogP contribution in [0, 0.1) is 6.92 Å². The summed E-state index contributed by atoms with van der Waals surface area (Å²) in [5, 5.41) is 11.3. The number of anilines is 1. The molecule has 112 valence electrons. The first-order chi connectivity index (χ1) is 10.5. The van der Waals surface area contributed by atoms with Gasteiger partial charge in [0.05, 0.1) is 10.6 Å². The Balaban J connectivity index is 1.82. The zero-order valence-electron chi connectivity index (χ0n) is 11.7. The Bertz CT molecular complexity index is 857. The Morgan fingerprint density at radius 3 is 2.27 bits per heavy atom. The highest BCUT2D eigenvalue weighted by molar-refractivity contribution is 7.92. The number of nitrogens with one attached hydrogen (secondary N) is 1. The highest BCUT2D eigenvalue weighted by atomic mass is 32.2. The molecular formula is C14H13N5O2S. The summed E-state index contributed by atoms with van der Waals surface area (Å²) < 4.78 is 27.1. The third-order valence-electron chi connectivity index (χ3n) is 3.03. The fourth-order valence-corrected chi connectivity index (χ4v) is 2.94. The molecule has 0 aliphatic carbocycles. The van der Waals surface area contributed by atoms with E-state index in [1.165, 1.54) is 11.1 Å². The second kappa shape index (κ2) is 5.57. The maximum Gasteiger partial charge on any atom is 0.261 e. The number of tetrazole rings is 1. The lowest BCUT2D eigenvalue weighted by molar-refractivity contribution is 0.601. The summed E-state index contributed by atoms with van der Waals surface area (Å²) in [5.41, 5.74) is 2.16. The minimum Gasteiger partial charge on any atom is -0.280 e. The van der Waals surface area contributed by atoms with E-state index in [9.17, 15) is 8.42 Å². The molecule has 0 aliphatic rings. The van der Waals surface area contributed by atoms with E-state index in [4.69, 9.17) is 0 Å². The minimum atomic E-state index is -3.60. The summed E-state index contributed by atoms with van der Waals surface area (Å²) in [5.74, 6) is 0. The van der Waals surface area contributed by atoms with Crippen molar-refractivity contribution < 1.29 is 8.42 Å². The van der Waals surface area contributed by atoms with Crippen molar-refractivity contribution in [3.05, 3.63) is 60.4 Å². The number of nitrogens with zero attached hydrogens (tertiary/aromatic N) is 4. The van der Waals surface area contributed by atoms with Gasteiger partial charge in [-0.05, 0) is 48.5 Å². The summed E-state index contributed by atoms with van der Waals surface area (Å²) in [4.78, 5) is 1.57. The Labute approximate surface area is 127 Å². The summed E-state index contributed by atoms with van der Waals surface area (Å²) in [6.45, 7) is 1.90. The van der Waals surface area contributed by atoms with Crippen LogP contribution in [0.2, 0.25) is 0 Å². The van der Waals surface area contributed by atoms with Crippen LogP contribution in [0.1, 0.15) is 5.56 Å². The SMILES string of the molecule is Cc1ccc(S(=O)(=O)Nc2ccc(-n3ncnn3)cc2)cc1. The van der Waals surface area contributed by atoms with Crippen molar-refractivity contribution in [2.24, 2.45) is 0 Å². The minimum absolute atomic E-state index is 0.222. The molecule has 0 spiro atoms. The third-order valence-corrected chi connectivity index (χ3v) is 4.43. The molecule has 0 unspecified atom stereocenters. The maximum atomic E-state index is 12.3. The second-order valence-electron chi connectivity index (χ2n) is 4.69. The van der Waals surface area contributed by atoms with Crippen LogP contribution in [0.15, 0.2) is 59.8 Å². The molecule has 3 rings (SSSR count). The Morgan fingerprint density at radius 2 is 1.68 bits per heavy atom. The van der Waals surface area contributed by atoms with Crippen molar-refractivity contribution in [2.75, 3.05) is 4.72 Å². The number of aryl methyl sites for hydroxylation is 1. The molecule has 1 heterocycles. The van der Waals surface area contributed by atoms with Crippen molar-refractivity contribution in [3.8, 4) is 5.69 Å². The lowest BCUT2D eigenvalue weighted by atomic mass is 10.2. The first kappa shape index (κ1) is 14.2. The zero-order valence-corrected chi connectivity index (χ0v) is 12.5. The van der Waals surface area contributed by atoms with Crippen LogP contribution in [-0.4, -0.2) is 28.6 Å². The molecule has 0 saturated carbocycles. The van der Waals surface area contributed by atoms with Gasteiger partial charge in [-0.15, -0.1) is 15.0 Å². The maximum absolute atomic E-state index is 12.3. The van der Waals surface area contributed by atoms with E-state index in [-0.39, 0.29) is 4.90 Å². The van der Waals surface area contributed by atoms with E-state index < -0.39 is 10.0 Å². The van der Waals surface area contributed by atoms with Gasteiger partial charge in [0, 0.05) is 5.69 Å². The van der Waals surface area contributed by atoms with Crippen LogP contribution in [0.3, 0.4) is 0 Å². The summed E-state index contributed by atoms with van der Waals surface area (Å²) in [6.07, 6.45) is 1.33. The first-order valence-corrected chi connectivity index (χ1v) is 7.96. The van der Waals surface area contributed by atoms with Gasteiger partial charge in [0.1, 0.15) is 0 Å². The second-order valence-corrected chi connectivity index (χ2v) is 6.37. The van der Waals surface area contributed by atoms with Gasteiger partial charge in [0.25, 0.3) is 10.0 Å². The quantitative estimate of drug-likeness (QED) is 0.792. The normalized spacial score (nSPS) is 11.3. The van der Waals surface area contributed by atoms with Gasteiger partial charge in [0.2, 0.25) is 0 Å². The van der Waals surface area contributed by atoms with E-state index in [2.05, 4.69) is 20.1 Å². The topological polar surface area (TPSA) is 89.8 Å². The fraction of sp³-hybridized carbons (Fsp3) is 0.0714. The Hall–Kier alpha value is -2.74. The highest BCUT2D eigenvalue weighted by Gasteiger charge is 2.13. The molecule has 22 heavy (non-hydrogen) atoms. The third kappa shape index (κ3) is 2.96. The molecule has 7 nitrogen and oxygen atoms in total. The van der Waals surface area contributed by atoms with Crippen LogP contribution in [0.4, 0.5) is 5.69 Å². The molecule has 0 radical (unpaired) electrons. The molecular weight excluding hydrogens is 302 g/mol. The van der Waals surface area contributed by atoms with Crippen molar-refractivity contribution in [3.63, 3.8) is 0 Å². The van der Waals surface area contributed by atoms with Gasteiger partial charge in [-0.1, -0.05) is 17.7 Å². The molecule has 0 atom stereocenters. The van der Waals surface area contributed by atoms with Gasteiger partial charge in [0.15, 0.2) is 6.33 Å². The van der Waals surface area contributed by atoms with Crippen LogP contribution in [0.25, 0.3) is 5.69 Å². The van der Waals surface area contributed by atoms with Crippen molar-refractivity contribution in [1.82, 2.24) is 20.2 Å². The number of benzene rings is 2. The van der Waals surface area contributed by atoms with Crippen LogP contribution >= 0.6 is 0 Å². The zero-order chi connectivity index (χ0) is 15.6. The first-order valence-electron chi connectivity index (χ1n) is 6.47. The van der Waals surface area contributed by atoms with E-state index in [0.29, 0.717) is 11.4 Å². The Kier molecular flexibility index (Phi) is 3.60. The van der Waals surface area contributed by atoms with E-state index >= 15 is 0 Å². The van der Waals surface area contributed by atoms with Crippen LogP contribution < -0.4 is 4.72 Å². The van der Waals surface area contributed by atoms with Gasteiger partial charge >= 0.3 is 0 Å². The number of aromatic nitrogens is 4. The summed E-state index contributed by atoms with van der Waals surface area (Å²) in [6, 6.07) is 13.4. The number of hydrogen-bond acceptors (Lipinski definition) is 5. The molecule has 8 heteroatoms. The molecule has 2 aromatic carbocycles. The van der Waals surface area contributed by atoms with Crippen molar-refractivity contribution in [2.45, 2.75) is 11.8 Å². The van der Waals surface area contributed by atoms with E-state index in [1.807, 2.05) is 6.92 Å². The van der Waals surface area contributed by atoms with E-state index in [1.54, 1.807) is 48.5 Å². The van der Waals surface area contributed by atoms with Crippen molar-refractivity contribution in [1.29, 1.82) is 0 Å². The number of hydrogen-bond donors (Lipinski definition) is 1. The Morgan fingerprint density at radius 1 is 1.00 bits per heavy atom. The molecule has 3 aromatic rings. The largest absolute Gasteiger partial charge is 0.280 e. The van der Waals surface area contributed by atoms with Gasteiger partial charge in [-0.25, -0.2) is 8.42 Å². The molecule has 0 aliphatic heterocycles. The number of sulfonamides is 1. The summed E-state index contributed by atoms with van der Waals surface area (Å²) >= 11 is 0. The molecule has 0 saturated heterocycles. The van der Waals surface area contributed by atoms with Gasteiger partial charge < -0.3 is 0 Å². The number of rotatable bonds is 4. The lowest BCUT2D eigenvalue weighted by Crippen LogP contribution is -2.13. The molecule has 0 bridgehead atoms. The van der Waals surface area contributed by atoms with Gasteiger partial charge in [-0.2, -0.15) is 0 Å². The van der Waals surface area contributed by atoms with Crippen molar-refractivity contribution >= 4 is 15.7 Å². The molecule has 0 fully saturated rings. The molecule has 1 aromatic heterocycles. The molecule has 0 amide bonds. The monoisotopic (exact) mass is 315 g/mol. The average molecular weight is 315 g/mol. The smallest absolute Gasteiger partial charge is 0.261 e. The summed E-state index contributed by atoms with van der Waals surface area (Å²) in [7, 11) is -3.60. The average Bonchev–Trinajstić information content (AvgIpc) is 3.02. The van der Waals surface area contributed by atoms with Crippen LogP contribution in [0.5, 0.6) is 0 Å². The fourth-order valence-electron chi connectivity index (χ4n) is 1.88. The standard InChI is InChI=1S/C14H13N5O2S/c1-11-2-8-14(9-3-11)22(20,21)17-12-4-6-13(7-5-12)19-16-10-15-18-19/h2-10,17H,1H3. The predicted octanol–water partition coefficient (Wildman–Crippen LogP) is 1.77.